The number of unbranched alkanes of at least 4 members (excludes halogenated alkanes) is 1. The summed E-state index contributed by atoms with van der Waals surface area (Å²) >= 11 is 0. The highest BCUT2D eigenvalue weighted by Gasteiger charge is 2.25. The van der Waals surface area contributed by atoms with Gasteiger partial charge in [0.05, 0.1) is 0 Å². The number of aryl methyl sites for hydroxylation is 1. The fraction of sp³-hybridized carbons (Fsp3) is 0.684. The first-order chi connectivity index (χ1) is 12.6. The molecule has 1 aromatic rings. The van der Waals surface area contributed by atoms with Gasteiger partial charge in [0.15, 0.2) is 5.96 Å². The summed E-state index contributed by atoms with van der Waals surface area (Å²) in [5.41, 5.74) is 0.0502. The van der Waals surface area contributed by atoms with Crippen molar-refractivity contribution in [1.82, 2.24) is 15.2 Å². The minimum absolute atomic E-state index is 0.0502. The molecule has 0 saturated heterocycles. The van der Waals surface area contributed by atoms with Crippen LogP contribution < -0.4 is 16.2 Å². The van der Waals surface area contributed by atoms with Gasteiger partial charge < -0.3 is 15.2 Å². The second-order valence-corrected chi connectivity index (χ2v) is 8.74. The smallest absolute Gasteiger partial charge is 0.250 e. The molecule has 7 heteroatoms. The Morgan fingerprint density at radius 3 is 2.92 bits per heavy atom. The van der Waals surface area contributed by atoms with Crippen molar-refractivity contribution in [3.05, 3.63) is 34.7 Å². The first-order valence-corrected chi connectivity index (χ1v) is 11.0. The number of aliphatic imine (C=N–C) groups is 1. The van der Waals surface area contributed by atoms with Crippen molar-refractivity contribution in [2.45, 2.75) is 63.3 Å². The van der Waals surface area contributed by atoms with Crippen LogP contribution in [0.25, 0.3) is 0 Å². The second-order valence-electron chi connectivity index (χ2n) is 6.74. The van der Waals surface area contributed by atoms with Crippen molar-refractivity contribution in [3.63, 3.8) is 0 Å². The van der Waals surface area contributed by atoms with Gasteiger partial charge in [-0.25, -0.2) is 0 Å². The average molecular weight is 381 g/mol. The third-order valence-electron chi connectivity index (χ3n) is 4.86. The van der Waals surface area contributed by atoms with E-state index < -0.39 is 10.8 Å². The summed E-state index contributed by atoms with van der Waals surface area (Å²) in [4.78, 5) is 16.0. The van der Waals surface area contributed by atoms with Crippen LogP contribution in [0.4, 0.5) is 0 Å². The highest BCUT2D eigenvalue weighted by Crippen LogP contribution is 2.22. The second kappa shape index (κ2) is 11.2. The average Bonchev–Trinajstić information content (AvgIpc) is 2.67. The molecular weight excluding hydrogens is 348 g/mol. The number of nitrogens with zero attached hydrogens (tertiary/aromatic N) is 2. The van der Waals surface area contributed by atoms with Crippen LogP contribution in [0.15, 0.2) is 34.2 Å². The number of hydrogen-bond donors (Lipinski definition) is 2. The normalized spacial score (nSPS) is 22.0. The molecule has 146 valence electrons. The van der Waals surface area contributed by atoms with Gasteiger partial charge >= 0.3 is 0 Å². The largest absolute Gasteiger partial charge is 0.356 e. The van der Waals surface area contributed by atoms with Gasteiger partial charge in [-0.2, -0.15) is 0 Å². The lowest BCUT2D eigenvalue weighted by atomic mass is 9.95. The Hall–Kier alpha value is -1.63. The Labute approximate surface area is 158 Å². The molecule has 2 N–H and O–H groups in total. The lowest BCUT2D eigenvalue weighted by Gasteiger charge is -2.30. The van der Waals surface area contributed by atoms with E-state index in [-0.39, 0.29) is 5.56 Å². The summed E-state index contributed by atoms with van der Waals surface area (Å²) in [6, 6.07) is 5.59. The first kappa shape index (κ1) is 20.7. The maximum absolute atomic E-state index is 12.1. The third kappa shape index (κ3) is 6.59. The Balaban J connectivity index is 1.68. The molecule has 1 fully saturated rings. The molecule has 0 spiro atoms. The summed E-state index contributed by atoms with van der Waals surface area (Å²) < 4.78 is 13.8. The summed E-state index contributed by atoms with van der Waals surface area (Å²) in [7, 11) is 1.07. The molecule has 0 amide bonds. The number of aromatic nitrogens is 1. The molecule has 26 heavy (non-hydrogen) atoms. The van der Waals surface area contributed by atoms with Crippen molar-refractivity contribution >= 4 is 16.8 Å². The number of nitrogens with one attached hydrogen (secondary N) is 2. The maximum atomic E-state index is 12.1. The Morgan fingerprint density at radius 1 is 1.35 bits per heavy atom. The van der Waals surface area contributed by atoms with E-state index in [1.54, 1.807) is 23.7 Å². The zero-order valence-corrected chi connectivity index (χ0v) is 16.8. The number of hydrogen-bond acceptors (Lipinski definition) is 3. The van der Waals surface area contributed by atoms with E-state index in [1.165, 1.54) is 0 Å². The van der Waals surface area contributed by atoms with Crippen LogP contribution in [0, 0.1) is 0 Å². The molecule has 3 unspecified atom stereocenters. The van der Waals surface area contributed by atoms with E-state index in [9.17, 15) is 9.00 Å². The number of pyridine rings is 1. The van der Waals surface area contributed by atoms with Crippen LogP contribution in [-0.2, 0) is 17.3 Å². The van der Waals surface area contributed by atoms with E-state index in [0.29, 0.717) is 11.3 Å². The SMILES string of the molecule is CCS(=O)C1CCCC(NC(=NC)NCCCCn2ccccc2=O)C1. The summed E-state index contributed by atoms with van der Waals surface area (Å²) in [5.74, 6) is 1.56. The first-order valence-electron chi connectivity index (χ1n) is 9.64. The topological polar surface area (TPSA) is 75.5 Å². The molecule has 1 aliphatic carbocycles. The van der Waals surface area contributed by atoms with E-state index in [1.807, 2.05) is 19.2 Å². The highest BCUT2D eigenvalue weighted by molar-refractivity contribution is 7.85. The van der Waals surface area contributed by atoms with Crippen molar-refractivity contribution < 1.29 is 4.21 Å². The third-order valence-corrected chi connectivity index (χ3v) is 6.60. The van der Waals surface area contributed by atoms with Crippen LogP contribution in [0.2, 0.25) is 0 Å². The molecule has 1 aromatic heterocycles. The van der Waals surface area contributed by atoms with Crippen LogP contribution in [0.1, 0.15) is 45.4 Å². The Morgan fingerprint density at radius 2 is 2.19 bits per heavy atom. The lowest BCUT2D eigenvalue weighted by Crippen LogP contribution is -2.46. The standard InChI is InChI=1S/C19H32N4O2S/c1-3-26(25)17-10-8-9-16(15-17)22-19(20-2)21-12-5-7-14-23-13-6-4-11-18(23)24/h4,6,11,13,16-17H,3,5,7-10,12,14-15H2,1-2H3,(H2,20,21,22). The van der Waals surface area contributed by atoms with E-state index in [0.717, 1.165) is 63.3 Å². The van der Waals surface area contributed by atoms with Crippen LogP contribution in [0.3, 0.4) is 0 Å². The number of guanidine groups is 1. The van der Waals surface area contributed by atoms with Gasteiger partial charge in [-0.15, -0.1) is 0 Å². The minimum Gasteiger partial charge on any atom is -0.356 e. The summed E-state index contributed by atoms with van der Waals surface area (Å²) in [5, 5.41) is 7.15. The molecular formula is C19H32N4O2S. The van der Waals surface area contributed by atoms with E-state index in [2.05, 4.69) is 15.6 Å². The molecule has 6 nitrogen and oxygen atoms in total. The van der Waals surface area contributed by atoms with Crippen molar-refractivity contribution in [2.24, 2.45) is 4.99 Å². The van der Waals surface area contributed by atoms with Gasteiger partial charge in [-0.1, -0.05) is 19.4 Å². The van der Waals surface area contributed by atoms with Gasteiger partial charge in [0.25, 0.3) is 0 Å². The lowest BCUT2D eigenvalue weighted by molar-refractivity contribution is 0.413. The monoisotopic (exact) mass is 380 g/mol. The van der Waals surface area contributed by atoms with Gasteiger partial charge in [-0.3, -0.25) is 14.0 Å². The fourth-order valence-corrected chi connectivity index (χ4v) is 4.75. The van der Waals surface area contributed by atoms with Crippen LogP contribution in [-0.4, -0.2) is 45.4 Å². The molecule has 0 aromatic carbocycles. The van der Waals surface area contributed by atoms with E-state index in [4.69, 9.17) is 0 Å². The predicted octanol–water partition coefficient (Wildman–Crippen LogP) is 1.87. The van der Waals surface area contributed by atoms with Crippen molar-refractivity contribution in [3.8, 4) is 0 Å². The number of rotatable bonds is 8. The Kier molecular flexibility index (Phi) is 8.88. The zero-order valence-electron chi connectivity index (χ0n) is 15.9. The molecule has 1 heterocycles. The summed E-state index contributed by atoms with van der Waals surface area (Å²) in [6.45, 7) is 3.55. The van der Waals surface area contributed by atoms with Gasteiger partial charge in [0.1, 0.15) is 0 Å². The molecule has 1 saturated carbocycles. The van der Waals surface area contributed by atoms with Gasteiger partial charge in [0.2, 0.25) is 5.56 Å². The molecule has 3 atom stereocenters. The quantitative estimate of drug-likeness (QED) is 0.410. The molecule has 0 aliphatic heterocycles. The maximum Gasteiger partial charge on any atom is 0.250 e. The molecule has 0 radical (unpaired) electrons. The highest BCUT2D eigenvalue weighted by atomic mass is 32.2. The molecule has 0 bridgehead atoms. The fourth-order valence-electron chi connectivity index (χ4n) is 3.40. The van der Waals surface area contributed by atoms with Gasteiger partial charge in [0, 0.05) is 60.2 Å². The van der Waals surface area contributed by atoms with E-state index >= 15 is 0 Å². The van der Waals surface area contributed by atoms with Crippen molar-refractivity contribution in [2.75, 3.05) is 19.3 Å². The van der Waals surface area contributed by atoms with Crippen LogP contribution >= 0.6 is 0 Å². The predicted molar refractivity (Wildman–Crippen MR) is 109 cm³/mol. The van der Waals surface area contributed by atoms with Gasteiger partial charge in [-0.05, 0) is 38.2 Å². The molecule has 2 rings (SSSR count). The Bertz CT molecular complexity index is 659. The summed E-state index contributed by atoms with van der Waals surface area (Å²) in [6.07, 6.45) is 7.99. The van der Waals surface area contributed by atoms with Crippen molar-refractivity contribution in [1.29, 1.82) is 0 Å². The molecule has 1 aliphatic rings. The zero-order chi connectivity index (χ0) is 18.8. The van der Waals surface area contributed by atoms with Crippen LogP contribution in [0.5, 0.6) is 0 Å². The minimum atomic E-state index is -0.707.